The monoisotopic (exact) mass is 566 g/mol. The molecule has 1 heterocycles. The van der Waals surface area contributed by atoms with Gasteiger partial charge in [0.2, 0.25) is 0 Å². The number of nitrogens with one attached hydrogen (secondary N) is 1. The van der Waals surface area contributed by atoms with Crippen molar-refractivity contribution in [3.63, 3.8) is 0 Å². The van der Waals surface area contributed by atoms with Crippen molar-refractivity contribution in [3.05, 3.63) is 92.3 Å². The van der Waals surface area contributed by atoms with Crippen LogP contribution in [0.25, 0.3) is 6.08 Å². The van der Waals surface area contributed by atoms with Crippen LogP contribution in [0, 0.1) is 20.8 Å². The van der Waals surface area contributed by atoms with E-state index in [-0.39, 0.29) is 18.4 Å². The highest BCUT2D eigenvalue weighted by Crippen LogP contribution is 2.37. The van der Waals surface area contributed by atoms with Gasteiger partial charge in [0, 0.05) is 10.2 Å². The van der Waals surface area contributed by atoms with Gasteiger partial charge in [-0.05, 0) is 79.9 Å². The van der Waals surface area contributed by atoms with Crippen molar-refractivity contribution in [3.8, 4) is 5.75 Å². The van der Waals surface area contributed by atoms with Gasteiger partial charge < -0.3 is 10.1 Å². The number of ether oxygens (including phenoxy) is 1. The first-order chi connectivity index (χ1) is 16.7. The van der Waals surface area contributed by atoms with E-state index in [1.807, 2.05) is 69.3 Å². The molecular weight excluding hydrogens is 544 g/mol. The van der Waals surface area contributed by atoms with Crippen molar-refractivity contribution in [2.24, 2.45) is 0 Å². The summed E-state index contributed by atoms with van der Waals surface area (Å²) in [5, 5.41) is 2.83. The molecule has 0 saturated carbocycles. The zero-order chi connectivity index (χ0) is 25.1. The van der Waals surface area contributed by atoms with E-state index < -0.39 is 0 Å². The molecule has 0 atom stereocenters. The number of nitrogens with zero attached hydrogens (tertiary/aromatic N) is 1. The second-order valence-electron chi connectivity index (χ2n) is 8.18. The van der Waals surface area contributed by atoms with Crippen molar-refractivity contribution < 1.29 is 14.3 Å². The fraction of sp³-hybridized carbons (Fsp3) is 0.148. The summed E-state index contributed by atoms with van der Waals surface area (Å²) in [6, 6.07) is 18.8. The highest BCUT2D eigenvalue weighted by atomic mass is 79.9. The summed E-state index contributed by atoms with van der Waals surface area (Å²) in [5.41, 5.74) is 5.44. The van der Waals surface area contributed by atoms with Gasteiger partial charge >= 0.3 is 0 Å². The fourth-order valence-corrected chi connectivity index (χ4v) is 5.18. The first-order valence-corrected chi connectivity index (χ1v) is 12.9. The molecule has 0 aliphatic carbocycles. The molecule has 2 amide bonds. The van der Waals surface area contributed by atoms with E-state index in [0.717, 1.165) is 32.4 Å². The Balaban J connectivity index is 1.43. The van der Waals surface area contributed by atoms with Crippen LogP contribution in [0.5, 0.6) is 5.75 Å². The Kier molecular flexibility index (Phi) is 7.74. The smallest absolute Gasteiger partial charge is 0.270 e. The minimum Gasteiger partial charge on any atom is -0.484 e. The molecule has 0 spiro atoms. The summed E-state index contributed by atoms with van der Waals surface area (Å²) in [5.74, 6) is 0.125. The lowest BCUT2D eigenvalue weighted by Crippen LogP contribution is -2.28. The molecule has 0 bridgehead atoms. The number of anilines is 2. The number of amides is 2. The molecule has 0 unspecified atom stereocenters. The summed E-state index contributed by atoms with van der Waals surface area (Å²) in [4.78, 5) is 27.6. The van der Waals surface area contributed by atoms with Crippen molar-refractivity contribution in [1.29, 1.82) is 0 Å². The van der Waals surface area contributed by atoms with Crippen LogP contribution in [0.2, 0.25) is 0 Å². The molecule has 4 rings (SSSR count). The number of hydrogen-bond acceptors (Lipinski definition) is 5. The van der Waals surface area contributed by atoms with Gasteiger partial charge in [-0.1, -0.05) is 69.7 Å². The highest BCUT2D eigenvalue weighted by molar-refractivity contribution is 9.10. The number of benzene rings is 3. The van der Waals surface area contributed by atoms with Crippen LogP contribution in [-0.2, 0) is 9.59 Å². The average Bonchev–Trinajstić information content (AvgIpc) is 3.08. The first-order valence-electron chi connectivity index (χ1n) is 10.9. The lowest BCUT2D eigenvalue weighted by atomic mass is 10.1. The Morgan fingerprint density at radius 1 is 1.09 bits per heavy atom. The highest BCUT2D eigenvalue weighted by Gasteiger charge is 2.34. The van der Waals surface area contributed by atoms with Crippen molar-refractivity contribution in [2.45, 2.75) is 20.8 Å². The summed E-state index contributed by atoms with van der Waals surface area (Å²) >= 11 is 10.2. The predicted octanol–water partition coefficient (Wildman–Crippen LogP) is 6.80. The number of thioether (sulfide) groups is 1. The van der Waals surface area contributed by atoms with E-state index in [4.69, 9.17) is 17.0 Å². The van der Waals surface area contributed by atoms with Crippen LogP contribution in [-0.4, -0.2) is 22.7 Å². The predicted molar refractivity (Wildman–Crippen MR) is 151 cm³/mol. The second-order valence-corrected chi connectivity index (χ2v) is 10.7. The molecule has 5 nitrogen and oxygen atoms in total. The Bertz CT molecular complexity index is 1370. The summed E-state index contributed by atoms with van der Waals surface area (Å²) < 4.78 is 7.17. The summed E-state index contributed by atoms with van der Waals surface area (Å²) in [6.07, 6.45) is 1.79. The van der Waals surface area contributed by atoms with Gasteiger partial charge in [-0.2, -0.15) is 0 Å². The third kappa shape index (κ3) is 6.01. The van der Waals surface area contributed by atoms with Gasteiger partial charge in [0.1, 0.15) is 5.75 Å². The molecule has 178 valence electrons. The van der Waals surface area contributed by atoms with Gasteiger partial charge in [-0.15, -0.1) is 0 Å². The van der Waals surface area contributed by atoms with E-state index in [9.17, 15) is 9.59 Å². The zero-order valence-electron chi connectivity index (χ0n) is 19.4. The minimum atomic E-state index is -0.258. The van der Waals surface area contributed by atoms with Crippen molar-refractivity contribution in [1.82, 2.24) is 0 Å². The molecule has 1 fully saturated rings. The van der Waals surface area contributed by atoms with Crippen LogP contribution >= 0.6 is 39.9 Å². The number of thiocarbonyl (C=S) groups is 1. The van der Waals surface area contributed by atoms with Crippen molar-refractivity contribution >= 4 is 73.5 Å². The van der Waals surface area contributed by atoms with Crippen LogP contribution in [0.15, 0.2) is 70.0 Å². The molecule has 1 aliphatic heterocycles. The maximum atomic E-state index is 13.1. The fourth-order valence-electron chi connectivity index (χ4n) is 3.65. The van der Waals surface area contributed by atoms with Crippen LogP contribution in [0.3, 0.4) is 0 Å². The van der Waals surface area contributed by atoms with E-state index in [2.05, 4.69) is 21.2 Å². The van der Waals surface area contributed by atoms with Gasteiger partial charge in [-0.3, -0.25) is 14.5 Å². The van der Waals surface area contributed by atoms with Crippen LogP contribution in [0.1, 0.15) is 22.3 Å². The van der Waals surface area contributed by atoms with Gasteiger partial charge in [0.15, 0.2) is 10.9 Å². The molecule has 3 aromatic rings. The third-order valence-corrected chi connectivity index (χ3v) is 7.55. The van der Waals surface area contributed by atoms with E-state index >= 15 is 0 Å². The SMILES string of the molecule is Cc1ccc(N2C(=O)/C(=C/c3cccc(OCC(=O)Nc4ccc(Br)c(C)c4)c3)SC2=S)c(C)c1. The molecule has 1 aliphatic rings. The zero-order valence-corrected chi connectivity index (χ0v) is 22.6. The topological polar surface area (TPSA) is 58.6 Å². The van der Waals surface area contributed by atoms with E-state index in [0.29, 0.717) is 20.7 Å². The number of carbonyl (C=O) groups excluding carboxylic acids is 2. The second kappa shape index (κ2) is 10.8. The quantitative estimate of drug-likeness (QED) is 0.262. The number of halogens is 1. The van der Waals surface area contributed by atoms with Gasteiger partial charge in [0.05, 0.1) is 10.6 Å². The Morgan fingerprint density at radius 2 is 1.89 bits per heavy atom. The minimum absolute atomic E-state index is 0.132. The largest absolute Gasteiger partial charge is 0.484 e. The van der Waals surface area contributed by atoms with Crippen molar-refractivity contribution in [2.75, 3.05) is 16.8 Å². The normalized spacial score (nSPS) is 14.5. The Hall–Kier alpha value is -2.94. The molecule has 3 aromatic carbocycles. The standard InChI is InChI=1S/C27H23BrN2O3S2/c1-16-7-10-23(18(3)11-16)30-26(32)24(35-27(30)34)14-19-5-4-6-21(13-19)33-15-25(31)29-20-8-9-22(28)17(2)12-20/h4-14H,15H2,1-3H3,(H,29,31)/b24-14-. The molecule has 35 heavy (non-hydrogen) atoms. The third-order valence-electron chi connectivity index (χ3n) is 5.35. The average molecular weight is 568 g/mol. The Morgan fingerprint density at radius 3 is 2.63 bits per heavy atom. The molecule has 0 radical (unpaired) electrons. The number of aryl methyl sites for hydroxylation is 3. The van der Waals surface area contributed by atoms with E-state index in [1.54, 1.807) is 23.1 Å². The number of carbonyl (C=O) groups is 2. The van der Waals surface area contributed by atoms with Crippen LogP contribution < -0.4 is 15.0 Å². The van der Waals surface area contributed by atoms with E-state index in [1.165, 1.54) is 11.8 Å². The number of hydrogen-bond donors (Lipinski definition) is 1. The van der Waals surface area contributed by atoms with Crippen LogP contribution in [0.4, 0.5) is 11.4 Å². The lowest BCUT2D eigenvalue weighted by Gasteiger charge is -2.17. The molecule has 0 aromatic heterocycles. The Labute approximate surface area is 222 Å². The maximum absolute atomic E-state index is 13.1. The molecular formula is C27H23BrN2O3S2. The molecule has 1 saturated heterocycles. The summed E-state index contributed by atoms with van der Waals surface area (Å²) in [6.45, 7) is 5.81. The maximum Gasteiger partial charge on any atom is 0.270 e. The molecule has 1 N–H and O–H groups in total. The summed E-state index contributed by atoms with van der Waals surface area (Å²) in [7, 11) is 0. The van der Waals surface area contributed by atoms with Gasteiger partial charge in [-0.25, -0.2) is 0 Å². The van der Waals surface area contributed by atoms with Gasteiger partial charge in [0.25, 0.3) is 11.8 Å². The molecule has 8 heteroatoms. The lowest BCUT2D eigenvalue weighted by molar-refractivity contribution is -0.118. The number of rotatable bonds is 6. The first kappa shape index (κ1) is 25.2.